The molecule has 0 aromatic heterocycles. The molecule has 0 radical (unpaired) electrons. The van der Waals surface area contributed by atoms with Crippen molar-refractivity contribution in [2.45, 2.75) is 19.9 Å². The summed E-state index contributed by atoms with van der Waals surface area (Å²) in [5.74, 6) is 0.944. The zero-order chi connectivity index (χ0) is 14.5. The van der Waals surface area contributed by atoms with Crippen LogP contribution in [0.1, 0.15) is 18.9 Å². The molecule has 0 amide bonds. The fraction of sp³-hybridized carbons (Fsp3) is 0.333. The Morgan fingerprint density at radius 3 is 2.71 bits per heavy atom. The lowest BCUT2D eigenvalue weighted by Crippen LogP contribution is -2.23. The van der Waals surface area contributed by atoms with Crippen LogP contribution in [0.2, 0.25) is 0 Å². The minimum Gasteiger partial charge on any atom is -0.494 e. The van der Waals surface area contributed by atoms with Gasteiger partial charge in [-0.1, -0.05) is 24.3 Å². The van der Waals surface area contributed by atoms with E-state index in [4.69, 9.17) is 4.74 Å². The minimum absolute atomic E-state index is 0.713. The van der Waals surface area contributed by atoms with Gasteiger partial charge in [-0.2, -0.15) is 0 Å². The van der Waals surface area contributed by atoms with Crippen LogP contribution in [0.15, 0.2) is 48.5 Å². The van der Waals surface area contributed by atoms with Gasteiger partial charge in [-0.05, 0) is 43.2 Å². The molecule has 0 fully saturated rings. The lowest BCUT2D eigenvalue weighted by molar-refractivity contribution is 0.340. The van der Waals surface area contributed by atoms with Gasteiger partial charge in [0.15, 0.2) is 0 Å². The summed E-state index contributed by atoms with van der Waals surface area (Å²) in [5.41, 5.74) is 3.85. The molecule has 1 aliphatic heterocycles. The summed E-state index contributed by atoms with van der Waals surface area (Å²) in [6.07, 6.45) is 1.16. The van der Waals surface area contributed by atoms with Crippen molar-refractivity contribution < 1.29 is 4.74 Å². The lowest BCUT2D eigenvalue weighted by atomic mass is 10.1. The Bertz CT molecular complexity index is 580. The summed E-state index contributed by atoms with van der Waals surface area (Å²) in [6, 6.07) is 17.0. The number of hydrogen-bond acceptors (Lipinski definition) is 3. The van der Waals surface area contributed by atoms with Crippen molar-refractivity contribution in [3.63, 3.8) is 0 Å². The standard InChI is InChI=1S/C18H22N2O/c1-2-21-16-10-8-15(9-11-16)14-20-13-5-12-19-17-6-3-4-7-18(17)20/h3-4,6-11,19H,2,5,12-14H2,1H3. The van der Waals surface area contributed by atoms with Crippen molar-refractivity contribution in [1.82, 2.24) is 0 Å². The van der Waals surface area contributed by atoms with Crippen LogP contribution in [-0.2, 0) is 6.54 Å². The number of nitrogens with zero attached hydrogens (tertiary/aromatic N) is 1. The van der Waals surface area contributed by atoms with E-state index in [1.807, 2.05) is 6.92 Å². The molecule has 0 atom stereocenters. The van der Waals surface area contributed by atoms with Crippen molar-refractivity contribution >= 4 is 11.4 Å². The molecule has 0 unspecified atom stereocenters. The molecular weight excluding hydrogens is 260 g/mol. The molecule has 0 bridgehead atoms. The topological polar surface area (TPSA) is 24.5 Å². The fourth-order valence-electron chi connectivity index (χ4n) is 2.75. The first kappa shape index (κ1) is 13.8. The predicted octanol–water partition coefficient (Wildman–Crippen LogP) is 3.91. The van der Waals surface area contributed by atoms with E-state index in [0.717, 1.165) is 31.8 Å². The van der Waals surface area contributed by atoms with Gasteiger partial charge in [0.25, 0.3) is 0 Å². The molecule has 0 saturated carbocycles. The molecule has 3 heteroatoms. The molecule has 1 aliphatic rings. The highest BCUT2D eigenvalue weighted by Crippen LogP contribution is 2.29. The van der Waals surface area contributed by atoms with E-state index < -0.39 is 0 Å². The second kappa shape index (κ2) is 6.53. The van der Waals surface area contributed by atoms with Crippen molar-refractivity contribution in [1.29, 1.82) is 0 Å². The summed E-state index contributed by atoms with van der Waals surface area (Å²) >= 11 is 0. The molecule has 1 N–H and O–H groups in total. The summed E-state index contributed by atoms with van der Waals surface area (Å²) < 4.78 is 5.50. The highest BCUT2D eigenvalue weighted by atomic mass is 16.5. The average molecular weight is 282 g/mol. The SMILES string of the molecule is CCOc1ccc(CN2CCCNc3ccccc32)cc1. The van der Waals surface area contributed by atoms with E-state index in [-0.39, 0.29) is 0 Å². The maximum atomic E-state index is 5.50. The molecule has 1 heterocycles. The highest BCUT2D eigenvalue weighted by Gasteiger charge is 2.14. The summed E-state index contributed by atoms with van der Waals surface area (Å²) in [5, 5.41) is 3.51. The fourth-order valence-corrected chi connectivity index (χ4v) is 2.75. The Balaban J connectivity index is 1.77. The van der Waals surface area contributed by atoms with Crippen LogP contribution in [0.25, 0.3) is 0 Å². The van der Waals surface area contributed by atoms with Crippen LogP contribution in [0, 0.1) is 0 Å². The first-order chi connectivity index (χ1) is 10.4. The molecular formula is C18H22N2O. The molecule has 0 spiro atoms. The van der Waals surface area contributed by atoms with Crippen molar-refractivity contribution in [2.24, 2.45) is 0 Å². The summed E-state index contributed by atoms with van der Waals surface area (Å²) in [7, 11) is 0. The number of rotatable bonds is 4. The Hall–Kier alpha value is -2.16. The first-order valence-corrected chi connectivity index (χ1v) is 7.66. The Morgan fingerprint density at radius 2 is 1.90 bits per heavy atom. The van der Waals surface area contributed by atoms with Crippen LogP contribution >= 0.6 is 0 Å². The smallest absolute Gasteiger partial charge is 0.119 e. The second-order valence-electron chi connectivity index (χ2n) is 5.30. The Morgan fingerprint density at radius 1 is 1.10 bits per heavy atom. The predicted molar refractivity (Wildman–Crippen MR) is 88.2 cm³/mol. The van der Waals surface area contributed by atoms with E-state index in [9.17, 15) is 0 Å². The number of hydrogen-bond donors (Lipinski definition) is 1. The minimum atomic E-state index is 0.713. The number of anilines is 2. The Kier molecular flexibility index (Phi) is 4.29. The summed E-state index contributed by atoms with van der Waals surface area (Å²) in [4.78, 5) is 2.45. The number of ether oxygens (including phenoxy) is 1. The van der Waals surface area contributed by atoms with Crippen molar-refractivity contribution in [3.05, 3.63) is 54.1 Å². The number of fused-ring (bicyclic) bond motifs is 1. The van der Waals surface area contributed by atoms with Gasteiger partial charge in [-0.25, -0.2) is 0 Å². The van der Waals surface area contributed by atoms with E-state index in [1.54, 1.807) is 0 Å². The molecule has 0 aliphatic carbocycles. The molecule has 2 aromatic carbocycles. The molecule has 3 rings (SSSR count). The quantitative estimate of drug-likeness (QED) is 0.920. The summed E-state index contributed by atoms with van der Waals surface area (Å²) in [6.45, 7) is 5.78. The van der Waals surface area contributed by atoms with Crippen LogP contribution in [0.4, 0.5) is 11.4 Å². The van der Waals surface area contributed by atoms with E-state index in [2.05, 4.69) is 58.7 Å². The van der Waals surface area contributed by atoms with Crippen LogP contribution in [0.5, 0.6) is 5.75 Å². The van der Waals surface area contributed by atoms with Gasteiger partial charge in [0.2, 0.25) is 0 Å². The van der Waals surface area contributed by atoms with Crippen molar-refractivity contribution in [3.8, 4) is 5.75 Å². The first-order valence-electron chi connectivity index (χ1n) is 7.66. The third-order valence-electron chi connectivity index (χ3n) is 3.77. The second-order valence-corrected chi connectivity index (χ2v) is 5.30. The van der Waals surface area contributed by atoms with Gasteiger partial charge >= 0.3 is 0 Å². The largest absolute Gasteiger partial charge is 0.494 e. The normalized spacial score (nSPS) is 14.0. The number of nitrogens with one attached hydrogen (secondary N) is 1. The monoisotopic (exact) mass is 282 g/mol. The van der Waals surface area contributed by atoms with Crippen LogP contribution < -0.4 is 15.0 Å². The van der Waals surface area contributed by atoms with E-state index in [1.165, 1.54) is 16.9 Å². The molecule has 3 nitrogen and oxygen atoms in total. The van der Waals surface area contributed by atoms with Gasteiger partial charge < -0.3 is 15.0 Å². The molecule has 0 saturated heterocycles. The van der Waals surface area contributed by atoms with E-state index >= 15 is 0 Å². The third-order valence-corrected chi connectivity index (χ3v) is 3.77. The maximum Gasteiger partial charge on any atom is 0.119 e. The van der Waals surface area contributed by atoms with Crippen LogP contribution in [-0.4, -0.2) is 19.7 Å². The van der Waals surface area contributed by atoms with E-state index in [0.29, 0.717) is 6.61 Å². The number of para-hydroxylation sites is 2. The zero-order valence-electron chi connectivity index (χ0n) is 12.5. The Labute approximate surface area is 126 Å². The maximum absolute atomic E-state index is 5.50. The van der Waals surface area contributed by atoms with Gasteiger partial charge in [0.1, 0.15) is 5.75 Å². The zero-order valence-corrected chi connectivity index (χ0v) is 12.5. The highest BCUT2D eigenvalue weighted by molar-refractivity contribution is 5.70. The van der Waals surface area contributed by atoms with Gasteiger partial charge in [0.05, 0.1) is 18.0 Å². The molecule has 2 aromatic rings. The van der Waals surface area contributed by atoms with Gasteiger partial charge in [-0.15, -0.1) is 0 Å². The van der Waals surface area contributed by atoms with Crippen molar-refractivity contribution in [2.75, 3.05) is 29.9 Å². The average Bonchev–Trinajstić information content (AvgIpc) is 2.72. The van der Waals surface area contributed by atoms with Gasteiger partial charge in [0, 0.05) is 19.6 Å². The molecule has 110 valence electrons. The molecule has 21 heavy (non-hydrogen) atoms. The van der Waals surface area contributed by atoms with Gasteiger partial charge in [-0.3, -0.25) is 0 Å². The lowest BCUT2D eigenvalue weighted by Gasteiger charge is -2.24. The third kappa shape index (κ3) is 3.30. The van der Waals surface area contributed by atoms with Crippen LogP contribution in [0.3, 0.4) is 0 Å². The number of benzene rings is 2.